The first-order valence-electron chi connectivity index (χ1n) is 9.48. The van der Waals surface area contributed by atoms with Gasteiger partial charge in [-0.3, -0.25) is 0 Å². The summed E-state index contributed by atoms with van der Waals surface area (Å²) in [5.74, 6) is 0.845. The van der Waals surface area contributed by atoms with Gasteiger partial charge in [-0.2, -0.15) is 0 Å². The fourth-order valence-corrected chi connectivity index (χ4v) is 3.83. The first-order chi connectivity index (χ1) is 13.1. The van der Waals surface area contributed by atoms with Crippen LogP contribution in [0.3, 0.4) is 0 Å². The summed E-state index contributed by atoms with van der Waals surface area (Å²) in [6, 6.07) is 10.4. The number of rotatable bonds is 5. The van der Waals surface area contributed by atoms with Gasteiger partial charge >= 0.3 is 0 Å². The lowest BCUT2D eigenvalue weighted by Gasteiger charge is -2.36. The summed E-state index contributed by atoms with van der Waals surface area (Å²) >= 11 is 5.99. The maximum atomic E-state index is 5.99. The first-order valence-corrected chi connectivity index (χ1v) is 9.86. The van der Waals surface area contributed by atoms with Gasteiger partial charge in [-0.1, -0.05) is 18.5 Å². The molecule has 0 aliphatic carbocycles. The number of furan rings is 1. The standard InChI is InChI=1S/C21H25ClN4O/c1-3-25-6-8-26(9-7-25)20-5-4-18(10-15(20)2)23-14-19-12-16-11-17(22)13-24-21(16)27-19/h4-5,10-13,23H,3,6-9,14H2,1-2H3. The number of nitrogens with zero attached hydrogens (tertiary/aromatic N) is 3. The molecule has 0 radical (unpaired) electrons. The lowest BCUT2D eigenvalue weighted by molar-refractivity contribution is 0.271. The van der Waals surface area contributed by atoms with E-state index in [-0.39, 0.29) is 0 Å². The number of aryl methyl sites for hydroxylation is 1. The average molecular weight is 385 g/mol. The Balaban J connectivity index is 1.41. The van der Waals surface area contributed by atoms with E-state index >= 15 is 0 Å². The number of hydrogen-bond donors (Lipinski definition) is 1. The summed E-state index contributed by atoms with van der Waals surface area (Å²) in [7, 11) is 0. The van der Waals surface area contributed by atoms with Gasteiger partial charge in [-0.25, -0.2) is 4.98 Å². The molecular weight excluding hydrogens is 360 g/mol. The molecule has 0 amide bonds. The van der Waals surface area contributed by atoms with Crippen LogP contribution in [0, 0.1) is 6.92 Å². The molecule has 1 aliphatic heterocycles. The molecule has 0 bridgehead atoms. The van der Waals surface area contributed by atoms with Gasteiger partial charge in [0.2, 0.25) is 5.71 Å². The zero-order chi connectivity index (χ0) is 18.8. The van der Waals surface area contributed by atoms with Crippen LogP contribution in [0.1, 0.15) is 18.2 Å². The quantitative estimate of drug-likeness (QED) is 0.699. The summed E-state index contributed by atoms with van der Waals surface area (Å²) in [6.07, 6.45) is 1.60. The highest BCUT2D eigenvalue weighted by atomic mass is 35.5. The van der Waals surface area contributed by atoms with Crippen molar-refractivity contribution in [1.29, 1.82) is 0 Å². The third-order valence-corrected chi connectivity index (χ3v) is 5.42. The van der Waals surface area contributed by atoms with Crippen molar-refractivity contribution in [2.24, 2.45) is 0 Å². The molecule has 0 unspecified atom stereocenters. The lowest BCUT2D eigenvalue weighted by atomic mass is 10.1. The zero-order valence-electron chi connectivity index (χ0n) is 15.8. The van der Waals surface area contributed by atoms with Crippen LogP contribution in [0.25, 0.3) is 11.1 Å². The van der Waals surface area contributed by atoms with Gasteiger partial charge in [0.05, 0.1) is 11.6 Å². The van der Waals surface area contributed by atoms with Crippen molar-refractivity contribution >= 4 is 34.1 Å². The van der Waals surface area contributed by atoms with E-state index in [0.29, 0.717) is 17.3 Å². The van der Waals surface area contributed by atoms with Crippen molar-refractivity contribution in [1.82, 2.24) is 9.88 Å². The minimum atomic E-state index is 0.613. The van der Waals surface area contributed by atoms with Gasteiger partial charge in [0.25, 0.3) is 0 Å². The molecule has 2 aromatic heterocycles. The number of anilines is 2. The van der Waals surface area contributed by atoms with E-state index < -0.39 is 0 Å². The summed E-state index contributed by atoms with van der Waals surface area (Å²) in [6.45, 7) is 10.6. The fraction of sp³-hybridized carbons (Fsp3) is 0.381. The average Bonchev–Trinajstić information content (AvgIpc) is 3.08. The highest BCUT2D eigenvalue weighted by Gasteiger charge is 2.17. The molecule has 4 rings (SSSR count). The first kappa shape index (κ1) is 18.1. The van der Waals surface area contributed by atoms with Gasteiger partial charge in [0.15, 0.2) is 0 Å². The monoisotopic (exact) mass is 384 g/mol. The minimum Gasteiger partial charge on any atom is -0.441 e. The zero-order valence-corrected chi connectivity index (χ0v) is 16.6. The molecule has 0 spiro atoms. The van der Waals surface area contributed by atoms with E-state index in [1.165, 1.54) is 11.3 Å². The highest BCUT2D eigenvalue weighted by Crippen LogP contribution is 2.26. The molecule has 1 N–H and O–H groups in total. The van der Waals surface area contributed by atoms with Crippen LogP contribution < -0.4 is 10.2 Å². The number of nitrogens with one attached hydrogen (secondary N) is 1. The molecule has 0 atom stereocenters. The number of benzene rings is 1. The topological polar surface area (TPSA) is 44.5 Å². The van der Waals surface area contributed by atoms with E-state index in [4.69, 9.17) is 16.0 Å². The van der Waals surface area contributed by atoms with Gasteiger partial charge in [-0.15, -0.1) is 0 Å². The van der Waals surface area contributed by atoms with Crippen molar-refractivity contribution in [2.75, 3.05) is 42.9 Å². The van der Waals surface area contributed by atoms with Gasteiger partial charge < -0.3 is 19.5 Å². The molecule has 0 saturated carbocycles. The van der Waals surface area contributed by atoms with E-state index in [1.807, 2.05) is 12.1 Å². The van der Waals surface area contributed by atoms with Crippen molar-refractivity contribution in [3.63, 3.8) is 0 Å². The Hall–Kier alpha value is -2.24. The van der Waals surface area contributed by atoms with Crippen LogP contribution in [-0.4, -0.2) is 42.6 Å². The van der Waals surface area contributed by atoms with Crippen LogP contribution >= 0.6 is 11.6 Å². The summed E-state index contributed by atoms with van der Waals surface area (Å²) in [4.78, 5) is 9.19. The molecular formula is C21H25ClN4O. The van der Waals surface area contributed by atoms with E-state index in [2.05, 4.69) is 52.1 Å². The molecule has 1 aromatic carbocycles. The molecule has 27 heavy (non-hydrogen) atoms. The second-order valence-corrected chi connectivity index (χ2v) is 7.47. The van der Waals surface area contributed by atoms with Crippen LogP contribution in [0.15, 0.2) is 40.9 Å². The largest absolute Gasteiger partial charge is 0.441 e. The highest BCUT2D eigenvalue weighted by molar-refractivity contribution is 6.31. The predicted octanol–water partition coefficient (Wildman–Crippen LogP) is 4.54. The van der Waals surface area contributed by atoms with Crippen molar-refractivity contribution in [3.8, 4) is 0 Å². The smallest absolute Gasteiger partial charge is 0.226 e. The van der Waals surface area contributed by atoms with E-state index in [9.17, 15) is 0 Å². The molecule has 3 heterocycles. The Morgan fingerprint density at radius 1 is 1.15 bits per heavy atom. The van der Waals surface area contributed by atoms with Crippen molar-refractivity contribution in [2.45, 2.75) is 20.4 Å². The minimum absolute atomic E-state index is 0.613. The third kappa shape index (κ3) is 4.04. The maximum Gasteiger partial charge on any atom is 0.226 e. The summed E-state index contributed by atoms with van der Waals surface area (Å²) in [5.41, 5.74) is 4.34. The molecule has 1 saturated heterocycles. The third-order valence-electron chi connectivity index (χ3n) is 5.21. The number of likely N-dealkylation sites (N-methyl/N-ethyl adjacent to an activating group) is 1. The Labute approximate surface area is 164 Å². The molecule has 1 aliphatic rings. The number of aromatic nitrogens is 1. The normalized spacial score (nSPS) is 15.4. The molecule has 1 fully saturated rings. The van der Waals surface area contributed by atoms with Crippen LogP contribution in [-0.2, 0) is 6.54 Å². The van der Waals surface area contributed by atoms with Crippen LogP contribution in [0.2, 0.25) is 5.02 Å². The van der Waals surface area contributed by atoms with Crippen LogP contribution in [0.5, 0.6) is 0 Å². The molecule has 5 nitrogen and oxygen atoms in total. The Morgan fingerprint density at radius 2 is 1.96 bits per heavy atom. The number of piperazine rings is 1. The molecule has 6 heteroatoms. The molecule has 142 valence electrons. The van der Waals surface area contributed by atoms with E-state index in [0.717, 1.165) is 49.6 Å². The molecule has 3 aromatic rings. The number of hydrogen-bond acceptors (Lipinski definition) is 5. The Morgan fingerprint density at radius 3 is 2.70 bits per heavy atom. The van der Waals surface area contributed by atoms with Crippen molar-refractivity contribution in [3.05, 3.63) is 52.9 Å². The SMILES string of the molecule is CCN1CCN(c2ccc(NCc3cc4cc(Cl)cnc4o3)cc2C)CC1. The van der Waals surface area contributed by atoms with Crippen LogP contribution in [0.4, 0.5) is 11.4 Å². The second kappa shape index (κ2) is 7.79. The predicted molar refractivity (Wildman–Crippen MR) is 112 cm³/mol. The lowest BCUT2D eigenvalue weighted by Crippen LogP contribution is -2.46. The van der Waals surface area contributed by atoms with E-state index in [1.54, 1.807) is 6.20 Å². The fourth-order valence-electron chi connectivity index (χ4n) is 3.66. The summed E-state index contributed by atoms with van der Waals surface area (Å²) in [5, 5.41) is 4.99. The van der Waals surface area contributed by atoms with Gasteiger partial charge in [-0.05, 0) is 49.4 Å². The van der Waals surface area contributed by atoms with Gasteiger partial charge in [0, 0.05) is 49.1 Å². The second-order valence-electron chi connectivity index (χ2n) is 7.04. The Bertz CT molecular complexity index is 931. The Kier molecular flexibility index (Phi) is 5.23. The number of fused-ring (bicyclic) bond motifs is 1. The number of halogens is 1. The van der Waals surface area contributed by atoms with Gasteiger partial charge in [0.1, 0.15) is 5.76 Å². The maximum absolute atomic E-state index is 5.99. The number of pyridine rings is 1. The summed E-state index contributed by atoms with van der Waals surface area (Å²) < 4.78 is 5.77. The van der Waals surface area contributed by atoms with Crippen molar-refractivity contribution < 1.29 is 4.42 Å².